The summed E-state index contributed by atoms with van der Waals surface area (Å²) in [6.45, 7) is 2.38. The van der Waals surface area contributed by atoms with Crippen molar-refractivity contribution in [3.63, 3.8) is 0 Å². The number of amides is 1. The number of nitrogens with two attached hydrogens (primary N) is 1. The third kappa shape index (κ3) is 4.92. The Kier molecular flexibility index (Phi) is 6.29. The summed E-state index contributed by atoms with van der Waals surface area (Å²) in [6, 6.07) is 8.12. The van der Waals surface area contributed by atoms with Crippen molar-refractivity contribution in [1.82, 2.24) is 19.9 Å². The van der Waals surface area contributed by atoms with Crippen LogP contribution >= 0.6 is 0 Å². The first kappa shape index (κ1) is 21.0. The summed E-state index contributed by atoms with van der Waals surface area (Å²) in [5, 5.41) is 3.16. The number of anilines is 3. The zero-order chi connectivity index (χ0) is 21.8. The van der Waals surface area contributed by atoms with E-state index in [0.29, 0.717) is 12.5 Å². The highest BCUT2D eigenvalue weighted by molar-refractivity contribution is 5.87. The maximum absolute atomic E-state index is 12.5. The Morgan fingerprint density at radius 1 is 1.23 bits per heavy atom. The average molecular weight is 425 g/mol. The number of nitrogen functional groups attached to an aromatic ring is 1. The predicted molar refractivity (Wildman–Crippen MR) is 115 cm³/mol. The highest BCUT2D eigenvalue weighted by atomic mass is 16.5. The monoisotopic (exact) mass is 424 g/mol. The van der Waals surface area contributed by atoms with Gasteiger partial charge < -0.3 is 20.7 Å². The standard InChI is InChI=1S/C22H28N6O3/c1-2-14-7-3-6-10-17(14)24-22-26-18(25-21(23)27-22)13-31-20(30)15-11-19(29)28(12-15)16-8-4-5-9-16/h3,6-7,10,15-16H,2,4-5,8-9,11-13H2,1H3,(H3,23,24,25,26,27)/t15-/m1/s1. The highest BCUT2D eigenvalue weighted by Crippen LogP contribution is 2.30. The minimum Gasteiger partial charge on any atom is -0.457 e. The molecule has 164 valence electrons. The number of aromatic nitrogens is 3. The van der Waals surface area contributed by atoms with Crippen LogP contribution in [0.5, 0.6) is 0 Å². The van der Waals surface area contributed by atoms with E-state index >= 15 is 0 Å². The van der Waals surface area contributed by atoms with Gasteiger partial charge in [0.15, 0.2) is 12.4 Å². The smallest absolute Gasteiger partial charge is 0.311 e. The molecule has 1 saturated carbocycles. The van der Waals surface area contributed by atoms with Crippen molar-refractivity contribution >= 4 is 29.5 Å². The molecule has 1 saturated heterocycles. The van der Waals surface area contributed by atoms with Crippen LogP contribution in [0.1, 0.15) is 50.4 Å². The van der Waals surface area contributed by atoms with E-state index in [0.717, 1.165) is 43.4 Å². The first-order valence-electron chi connectivity index (χ1n) is 10.8. The van der Waals surface area contributed by atoms with E-state index in [4.69, 9.17) is 10.5 Å². The molecule has 9 nitrogen and oxygen atoms in total. The summed E-state index contributed by atoms with van der Waals surface area (Å²) in [6.07, 6.45) is 5.39. The Hall–Kier alpha value is -3.23. The molecule has 1 aliphatic carbocycles. The Labute approximate surface area is 181 Å². The lowest BCUT2D eigenvalue weighted by atomic mass is 10.1. The van der Waals surface area contributed by atoms with E-state index in [1.54, 1.807) is 0 Å². The molecule has 1 aromatic carbocycles. The van der Waals surface area contributed by atoms with Crippen molar-refractivity contribution in [2.45, 2.75) is 58.1 Å². The Bertz CT molecular complexity index is 960. The second-order valence-electron chi connectivity index (χ2n) is 8.06. The lowest BCUT2D eigenvalue weighted by Crippen LogP contribution is -2.35. The van der Waals surface area contributed by atoms with Gasteiger partial charge in [-0.05, 0) is 30.9 Å². The molecule has 1 aliphatic heterocycles. The summed E-state index contributed by atoms with van der Waals surface area (Å²) in [5.41, 5.74) is 7.83. The third-order valence-electron chi connectivity index (χ3n) is 5.94. The molecular weight excluding hydrogens is 396 g/mol. The molecule has 2 fully saturated rings. The topological polar surface area (TPSA) is 123 Å². The van der Waals surface area contributed by atoms with Crippen LogP contribution in [0.15, 0.2) is 24.3 Å². The minimum absolute atomic E-state index is 0.0410. The Morgan fingerprint density at radius 3 is 2.77 bits per heavy atom. The average Bonchev–Trinajstić information content (AvgIpc) is 3.41. The fourth-order valence-electron chi connectivity index (χ4n) is 4.34. The van der Waals surface area contributed by atoms with Crippen LogP contribution in [-0.2, 0) is 27.4 Å². The van der Waals surface area contributed by atoms with E-state index in [1.807, 2.05) is 29.2 Å². The second kappa shape index (κ2) is 9.28. The summed E-state index contributed by atoms with van der Waals surface area (Å²) < 4.78 is 5.42. The van der Waals surface area contributed by atoms with Crippen molar-refractivity contribution in [1.29, 1.82) is 0 Å². The van der Waals surface area contributed by atoms with Gasteiger partial charge in [-0.25, -0.2) is 0 Å². The van der Waals surface area contributed by atoms with E-state index < -0.39 is 11.9 Å². The van der Waals surface area contributed by atoms with Gasteiger partial charge in [-0.1, -0.05) is 38.0 Å². The summed E-state index contributed by atoms with van der Waals surface area (Å²) in [7, 11) is 0. The minimum atomic E-state index is -0.443. The summed E-state index contributed by atoms with van der Waals surface area (Å²) in [5.74, 6) is -0.211. The maximum Gasteiger partial charge on any atom is 0.311 e. The van der Waals surface area contributed by atoms with Crippen molar-refractivity contribution in [2.75, 3.05) is 17.6 Å². The first-order chi connectivity index (χ1) is 15.0. The molecule has 1 aromatic heterocycles. The largest absolute Gasteiger partial charge is 0.457 e. The van der Waals surface area contributed by atoms with Crippen LogP contribution in [0.4, 0.5) is 17.6 Å². The van der Waals surface area contributed by atoms with Crippen LogP contribution in [0.25, 0.3) is 0 Å². The number of benzene rings is 1. The van der Waals surface area contributed by atoms with Crippen molar-refractivity contribution in [3.8, 4) is 0 Å². The molecule has 1 amide bonds. The fraction of sp³-hybridized carbons (Fsp3) is 0.500. The SMILES string of the molecule is CCc1ccccc1Nc1nc(N)nc(COC(=O)[C@@H]2CC(=O)N(C3CCCC3)C2)n1. The molecule has 4 rings (SSSR count). The number of carbonyl (C=O) groups is 2. The Balaban J connectivity index is 1.37. The summed E-state index contributed by atoms with van der Waals surface area (Å²) >= 11 is 0. The van der Waals surface area contributed by atoms with E-state index in [1.165, 1.54) is 0 Å². The van der Waals surface area contributed by atoms with Gasteiger partial charge in [0.2, 0.25) is 17.8 Å². The molecule has 1 atom stereocenters. The van der Waals surface area contributed by atoms with Crippen molar-refractivity contribution in [3.05, 3.63) is 35.7 Å². The number of carbonyl (C=O) groups excluding carboxylic acids is 2. The number of nitrogens with one attached hydrogen (secondary N) is 1. The number of hydrogen-bond donors (Lipinski definition) is 2. The summed E-state index contributed by atoms with van der Waals surface area (Å²) in [4.78, 5) is 39.3. The number of esters is 1. The molecule has 3 N–H and O–H groups in total. The van der Waals surface area contributed by atoms with Crippen LogP contribution < -0.4 is 11.1 Å². The number of nitrogens with zero attached hydrogens (tertiary/aromatic N) is 4. The number of para-hydroxylation sites is 1. The number of aryl methyl sites for hydroxylation is 1. The predicted octanol–water partition coefficient (Wildman–Crippen LogP) is 2.59. The number of ether oxygens (including phenoxy) is 1. The molecular formula is C22H28N6O3. The molecule has 0 radical (unpaired) electrons. The zero-order valence-electron chi connectivity index (χ0n) is 17.7. The van der Waals surface area contributed by atoms with Crippen molar-refractivity contribution in [2.24, 2.45) is 5.92 Å². The van der Waals surface area contributed by atoms with Crippen LogP contribution in [-0.4, -0.2) is 44.3 Å². The normalized spacial score (nSPS) is 19.1. The van der Waals surface area contributed by atoms with E-state index in [-0.39, 0.29) is 36.7 Å². The van der Waals surface area contributed by atoms with Gasteiger partial charge in [0, 0.05) is 24.7 Å². The number of likely N-dealkylation sites (tertiary alicyclic amines) is 1. The molecule has 0 bridgehead atoms. The quantitative estimate of drug-likeness (QED) is 0.650. The molecule has 2 aliphatic rings. The molecule has 9 heteroatoms. The number of hydrogen-bond acceptors (Lipinski definition) is 8. The molecule has 2 heterocycles. The fourth-order valence-corrected chi connectivity index (χ4v) is 4.34. The maximum atomic E-state index is 12.5. The van der Waals surface area contributed by atoms with Gasteiger partial charge in [0.25, 0.3) is 0 Å². The van der Waals surface area contributed by atoms with Gasteiger partial charge >= 0.3 is 5.97 Å². The van der Waals surface area contributed by atoms with Gasteiger partial charge in [-0.2, -0.15) is 15.0 Å². The van der Waals surface area contributed by atoms with E-state index in [2.05, 4.69) is 27.2 Å². The van der Waals surface area contributed by atoms with Crippen molar-refractivity contribution < 1.29 is 14.3 Å². The molecule has 0 unspecified atom stereocenters. The van der Waals surface area contributed by atoms with Gasteiger partial charge in [-0.15, -0.1) is 0 Å². The van der Waals surface area contributed by atoms with Gasteiger partial charge in [0.1, 0.15) is 0 Å². The molecule has 31 heavy (non-hydrogen) atoms. The van der Waals surface area contributed by atoms with E-state index in [9.17, 15) is 9.59 Å². The first-order valence-corrected chi connectivity index (χ1v) is 10.8. The second-order valence-corrected chi connectivity index (χ2v) is 8.06. The van der Waals surface area contributed by atoms with Crippen LogP contribution in [0.2, 0.25) is 0 Å². The molecule has 0 spiro atoms. The lowest BCUT2D eigenvalue weighted by molar-refractivity contribution is -0.150. The lowest BCUT2D eigenvalue weighted by Gasteiger charge is -2.23. The van der Waals surface area contributed by atoms with Crippen LogP contribution in [0, 0.1) is 5.92 Å². The Morgan fingerprint density at radius 2 is 2.00 bits per heavy atom. The molecule has 2 aromatic rings. The number of rotatable bonds is 7. The van der Waals surface area contributed by atoms with Crippen LogP contribution in [0.3, 0.4) is 0 Å². The highest BCUT2D eigenvalue weighted by Gasteiger charge is 2.39. The van der Waals surface area contributed by atoms with Gasteiger partial charge in [0.05, 0.1) is 5.92 Å². The van der Waals surface area contributed by atoms with Gasteiger partial charge in [-0.3, -0.25) is 9.59 Å². The third-order valence-corrected chi connectivity index (χ3v) is 5.94. The zero-order valence-corrected chi connectivity index (χ0v) is 17.7.